The minimum atomic E-state index is -0.344. The summed E-state index contributed by atoms with van der Waals surface area (Å²) in [6, 6.07) is 8.19. The molecule has 2 saturated heterocycles. The van der Waals surface area contributed by atoms with Gasteiger partial charge in [0.05, 0.1) is 6.04 Å². The van der Waals surface area contributed by atoms with Gasteiger partial charge in [-0.3, -0.25) is 9.59 Å². The first kappa shape index (κ1) is 17.8. The van der Waals surface area contributed by atoms with Crippen molar-refractivity contribution in [3.05, 3.63) is 35.4 Å². The fourth-order valence-corrected chi connectivity index (χ4v) is 3.24. The maximum Gasteiger partial charge on any atom is 0.245 e. The monoisotopic (exact) mass is 337 g/mol. The fourth-order valence-electron chi connectivity index (χ4n) is 3.24. The zero-order valence-electron chi connectivity index (χ0n) is 13.4. The number of carbonyl (C=O) groups excluding carboxylic acids is 2. The first-order chi connectivity index (χ1) is 10.7. The molecule has 6 heteroatoms. The van der Waals surface area contributed by atoms with Crippen LogP contribution in [0.25, 0.3) is 0 Å². The normalized spacial score (nSPS) is 24.0. The van der Waals surface area contributed by atoms with Gasteiger partial charge in [-0.1, -0.05) is 31.2 Å². The van der Waals surface area contributed by atoms with Crippen molar-refractivity contribution in [1.82, 2.24) is 15.5 Å². The number of piperazine rings is 1. The Bertz CT molecular complexity index is 561. The molecule has 2 fully saturated rings. The van der Waals surface area contributed by atoms with Crippen molar-refractivity contribution in [2.24, 2.45) is 0 Å². The average Bonchev–Trinajstić information content (AvgIpc) is 3.01. The maximum absolute atomic E-state index is 12.7. The van der Waals surface area contributed by atoms with Gasteiger partial charge in [0.2, 0.25) is 11.8 Å². The molecule has 2 unspecified atom stereocenters. The van der Waals surface area contributed by atoms with E-state index in [1.165, 1.54) is 5.56 Å². The molecule has 1 aromatic rings. The van der Waals surface area contributed by atoms with Crippen LogP contribution in [0.3, 0.4) is 0 Å². The van der Waals surface area contributed by atoms with Gasteiger partial charge in [-0.05, 0) is 24.0 Å². The van der Waals surface area contributed by atoms with Gasteiger partial charge < -0.3 is 15.5 Å². The molecule has 2 amide bonds. The number of aryl methyl sites for hydroxylation is 1. The van der Waals surface area contributed by atoms with E-state index in [4.69, 9.17) is 0 Å². The van der Waals surface area contributed by atoms with Crippen LogP contribution in [-0.2, 0) is 16.0 Å². The van der Waals surface area contributed by atoms with Crippen LogP contribution in [0.5, 0.6) is 0 Å². The minimum Gasteiger partial charge on any atom is -0.344 e. The molecule has 126 valence electrons. The number of hydrogen-bond donors (Lipinski definition) is 2. The molecule has 5 nitrogen and oxygen atoms in total. The van der Waals surface area contributed by atoms with E-state index in [1.807, 2.05) is 4.90 Å². The number of hydrogen-bond acceptors (Lipinski definition) is 3. The molecule has 0 spiro atoms. The quantitative estimate of drug-likeness (QED) is 0.877. The molecule has 2 aliphatic rings. The zero-order chi connectivity index (χ0) is 15.5. The highest BCUT2D eigenvalue weighted by Crippen LogP contribution is 2.25. The molecule has 2 N–H and O–H groups in total. The third-order valence-electron chi connectivity index (χ3n) is 4.59. The molecule has 0 bridgehead atoms. The Labute approximate surface area is 143 Å². The van der Waals surface area contributed by atoms with Crippen LogP contribution in [0, 0.1) is 0 Å². The second-order valence-corrected chi connectivity index (χ2v) is 6.01. The lowest BCUT2D eigenvalue weighted by Crippen LogP contribution is -2.53. The summed E-state index contributed by atoms with van der Waals surface area (Å²) in [4.78, 5) is 26.0. The van der Waals surface area contributed by atoms with Crippen molar-refractivity contribution in [3.8, 4) is 0 Å². The molecule has 1 aromatic carbocycles. The summed E-state index contributed by atoms with van der Waals surface area (Å²) in [7, 11) is 0. The summed E-state index contributed by atoms with van der Waals surface area (Å²) in [5, 5.41) is 6.16. The summed E-state index contributed by atoms with van der Waals surface area (Å²) < 4.78 is 0. The molecule has 2 aliphatic heterocycles. The second-order valence-electron chi connectivity index (χ2n) is 6.01. The third kappa shape index (κ3) is 3.85. The lowest BCUT2D eigenvalue weighted by Gasteiger charge is -2.38. The van der Waals surface area contributed by atoms with Gasteiger partial charge in [0.25, 0.3) is 0 Å². The smallest absolute Gasteiger partial charge is 0.245 e. The van der Waals surface area contributed by atoms with Gasteiger partial charge >= 0.3 is 0 Å². The SMILES string of the molecule is CCc1ccc(C2CNCCN2C(=O)C2CCC(=O)N2)cc1.Cl. The third-order valence-corrected chi connectivity index (χ3v) is 4.59. The number of amides is 2. The van der Waals surface area contributed by atoms with E-state index in [-0.39, 0.29) is 36.3 Å². The maximum atomic E-state index is 12.7. The number of rotatable bonds is 3. The van der Waals surface area contributed by atoms with E-state index >= 15 is 0 Å². The van der Waals surface area contributed by atoms with Crippen LogP contribution < -0.4 is 10.6 Å². The number of carbonyl (C=O) groups is 2. The summed E-state index contributed by atoms with van der Waals surface area (Å²) in [6.45, 7) is 4.38. The van der Waals surface area contributed by atoms with Gasteiger partial charge in [-0.15, -0.1) is 12.4 Å². The number of benzene rings is 1. The Morgan fingerprint density at radius 1 is 1.30 bits per heavy atom. The summed E-state index contributed by atoms with van der Waals surface area (Å²) in [5.41, 5.74) is 2.45. The predicted molar refractivity (Wildman–Crippen MR) is 91.6 cm³/mol. The highest BCUT2D eigenvalue weighted by Gasteiger charge is 2.35. The largest absolute Gasteiger partial charge is 0.344 e. The van der Waals surface area contributed by atoms with Crippen LogP contribution in [0.4, 0.5) is 0 Å². The van der Waals surface area contributed by atoms with Gasteiger partial charge in [0, 0.05) is 26.1 Å². The standard InChI is InChI=1S/C17H23N3O2.ClH/c1-2-12-3-5-13(6-4-12)15-11-18-9-10-20(15)17(22)14-7-8-16(21)19-14;/h3-6,14-15,18H,2,7-11H2,1H3,(H,19,21);1H. The van der Waals surface area contributed by atoms with Crippen molar-refractivity contribution < 1.29 is 9.59 Å². The van der Waals surface area contributed by atoms with Gasteiger partial charge in [0.15, 0.2) is 0 Å². The van der Waals surface area contributed by atoms with Crippen LogP contribution in [0.2, 0.25) is 0 Å². The molecular weight excluding hydrogens is 314 g/mol. The zero-order valence-corrected chi connectivity index (χ0v) is 14.2. The van der Waals surface area contributed by atoms with E-state index < -0.39 is 0 Å². The first-order valence-electron chi connectivity index (χ1n) is 8.08. The summed E-state index contributed by atoms with van der Waals surface area (Å²) in [5.74, 6) is 0.0363. The van der Waals surface area contributed by atoms with Crippen LogP contribution >= 0.6 is 12.4 Å². The molecule has 2 atom stereocenters. The lowest BCUT2D eigenvalue weighted by atomic mass is 10.00. The molecule has 2 heterocycles. The van der Waals surface area contributed by atoms with Gasteiger partial charge in [-0.25, -0.2) is 0 Å². The molecule has 23 heavy (non-hydrogen) atoms. The van der Waals surface area contributed by atoms with Crippen LogP contribution in [0.15, 0.2) is 24.3 Å². The molecule has 3 rings (SSSR count). The topological polar surface area (TPSA) is 61.4 Å². The van der Waals surface area contributed by atoms with Crippen LogP contribution in [0.1, 0.15) is 36.9 Å². The number of nitrogens with one attached hydrogen (secondary N) is 2. The van der Waals surface area contributed by atoms with Crippen molar-refractivity contribution in [1.29, 1.82) is 0 Å². The fraction of sp³-hybridized carbons (Fsp3) is 0.529. The molecular formula is C17H24ClN3O2. The Balaban J connectivity index is 0.00000192. The minimum absolute atomic E-state index is 0. The van der Waals surface area contributed by atoms with Crippen LogP contribution in [-0.4, -0.2) is 42.4 Å². The summed E-state index contributed by atoms with van der Waals surface area (Å²) in [6.07, 6.45) is 2.08. The average molecular weight is 338 g/mol. The number of nitrogens with zero attached hydrogens (tertiary/aromatic N) is 1. The Kier molecular flexibility index (Phi) is 6.02. The van der Waals surface area contributed by atoms with Crippen molar-refractivity contribution in [3.63, 3.8) is 0 Å². The second kappa shape index (κ2) is 7.79. The lowest BCUT2D eigenvalue weighted by molar-refractivity contribution is -0.137. The summed E-state index contributed by atoms with van der Waals surface area (Å²) >= 11 is 0. The van der Waals surface area contributed by atoms with E-state index in [1.54, 1.807) is 0 Å². The van der Waals surface area contributed by atoms with Crippen molar-refractivity contribution in [2.45, 2.75) is 38.3 Å². The molecule has 0 aromatic heterocycles. The number of halogens is 1. The van der Waals surface area contributed by atoms with E-state index in [9.17, 15) is 9.59 Å². The highest BCUT2D eigenvalue weighted by molar-refractivity contribution is 5.91. The molecule has 0 saturated carbocycles. The van der Waals surface area contributed by atoms with Gasteiger partial charge in [-0.2, -0.15) is 0 Å². The van der Waals surface area contributed by atoms with E-state index in [0.717, 1.165) is 25.1 Å². The van der Waals surface area contributed by atoms with Crippen molar-refractivity contribution in [2.75, 3.05) is 19.6 Å². The van der Waals surface area contributed by atoms with Crippen molar-refractivity contribution >= 4 is 24.2 Å². The first-order valence-corrected chi connectivity index (χ1v) is 8.08. The predicted octanol–water partition coefficient (Wildman–Crippen LogP) is 1.42. The molecule has 0 aliphatic carbocycles. The molecule has 0 radical (unpaired) electrons. The highest BCUT2D eigenvalue weighted by atomic mass is 35.5. The Morgan fingerprint density at radius 2 is 2.04 bits per heavy atom. The Hall–Kier alpha value is -1.59. The van der Waals surface area contributed by atoms with E-state index in [2.05, 4.69) is 41.8 Å². The van der Waals surface area contributed by atoms with Gasteiger partial charge in [0.1, 0.15) is 6.04 Å². The van der Waals surface area contributed by atoms with E-state index in [0.29, 0.717) is 19.4 Å². The Morgan fingerprint density at radius 3 is 2.65 bits per heavy atom.